The lowest BCUT2D eigenvalue weighted by Gasteiger charge is -2.19. The van der Waals surface area contributed by atoms with Gasteiger partial charge in [0.2, 0.25) is 5.91 Å². The van der Waals surface area contributed by atoms with Gasteiger partial charge in [-0.15, -0.1) is 24.0 Å². The Morgan fingerprint density at radius 1 is 1.14 bits per heavy atom. The lowest BCUT2D eigenvalue weighted by atomic mass is 9.96. The maximum absolute atomic E-state index is 12.0. The SMILES string of the molecule is CN=C(NCCC(=O)Nc1ccc(C)cn1)NCC1(c2ccccc2)CC1.I. The van der Waals surface area contributed by atoms with Gasteiger partial charge in [-0.3, -0.25) is 9.79 Å². The number of anilines is 1. The van der Waals surface area contributed by atoms with E-state index in [4.69, 9.17) is 0 Å². The molecule has 6 nitrogen and oxygen atoms in total. The van der Waals surface area contributed by atoms with Gasteiger partial charge in [-0.1, -0.05) is 36.4 Å². The number of aromatic nitrogens is 1. The summed E-state index contributed by atoms with van der Waals surface area (Å²) in [5.41, 5.74) is 2.65. The van der Waals surface area contributed by atoms with Gasteiger partial charge in [0.15, 0.2) is 5.96 Å². The summed E-state index contributed by atoms with van der Waals surface area (Å²) < 4.78 is 0. The Bertz CT molecular complexity index is 788. The first kappa shape index (κ1) is 22.1. The Kier molecular flexibility index (Phi) is 8.22. The molecule has 0 saturated heterocycles. The first-order chi connectivity index (χ1) is 13.1. The number of nitrogens with one attached hydrogen (secondary N) is 3. The first-order valence-corrected chi connectivity index (χ1v) is 9.34. The van der Waals surface area contributed by atoms with Gasteiger partial charge in [0.05, 0.1) is 0 Å². The Balaban J connectivity index is 0.00000280. The highest BCUT2D eigenvalue weighted by Crippen LogP contribution is 2.47. The van der Waals surface area contributed by atoms with Gasteiger partial charge in [0.25, 0.3) is 0 Å². The minimum Gasteiger partial charge on any atom is -0.356 e. The fraction of sp³-hybridized carbons (Fsp3) is 0.381. The van der Waals surface area contributed by atoms with Crippen LogP contribution in [0.3, 0.4) is 0 Å². The summed E-state index contributed by atoms with van der Waals surface area (Å²) >= 11 is 0. The van der Waals surface area contributed by atoms with Crippen LogP contribution < -0.4 is 16.0 Å². The van der Waals surface area contributed by atoms with Crippen molar-refractivity contribution in [1.29, 1.82) is 0 Å². The lowest BCUT2D eigenvalue weighted by molar-refractivity contribution is -0.116. The third kappa shape index (κ3) is 6.19. The molecule has 1 aromatic heterocycles. The molecule has 0 atom stereocenters. The van der Waals surface area contributed by atoms with Gasteiger partial charge in [0.1, 0.15) is 5.82 Å². The molecule has 150 valence electrons. The number of rotatable bonds is 7. The van der Waals surface area contributed by atoms with E-state index in [1.54, 1.807) is 19.3 Å². The highest BCUT2D eigenvalue weighted by atomic mass is 127. The summed E-state index contributed by atoms with van der Waals surface area (Å²) in [5, 5.41) is 9.40. The largest absolute Gasteiger partial charge is 0.356 e. The van der Waals surface area contributed by atoms with Gasteiger partial charge in [0, 0.05) is 38.2 Å². The van der Waals surface area contributed by atoms with Gasteiger partial charge in [-0.2, -0.15) is 0 Å². The molecule has 1 aromatic carbocycles. The maximum atomic E-state index is 12.0. The summed E-state index contributed by atoms with van der Waals surface area (Å²) in [6.07, 6.45) is 4.46. The van der Waals surface area contributed by atoms with E-state index in [2.05, 4.69) is 50.2 Å². The number of aryl methyl sites for hydroxylation is 1. The molecule has 0 aliphatic heterocycles. The molecule has 0 unspecified atom stereocenters. The zero-order valence-electron chi connectivity index (χ0n) is 16.4. The zero-order chi connectivity index (χ0) is 19.1. The highest BCUT2D eigenvalue weighted by molar-refractivity contribution is 14.0. The van der Waals surface area contributed by atoms with Crippen molar-refractivity contribution in [1.82, 2.24) is 15.6 Å². The van der Waals surface area contributed by atoms with Gasteiger partial charge in [-0.05, 0) is 37.0 Å². The fourth-order valence-electron chi connectivity index (χ4n) is 3.03. The molecule has 0 radical (unpaired) electrons. The summed E-state index contributed by atoms with van der Waals surface area (Å²) in [6, 6.07) is 14.3. The van der Waals surface area contributed by atoms with E-state index in [-0.39, 0.29) is 35.3 Å². The molecule has 2 aromatic rings. The molecule has 7 heteroatoms. The van der Waals surface area contributed by atoms with Crippen molar-refractivity contribution in [2.75, 3.05) is 25.5 Å². The summed E-state index contributed by atoms with van der Waals surface area (Å²) in [7, 11) is 1.74. The molecule has 0 spiro atoms. The predicted octanol–water partition coefficient (Wildman–Crippen LogP) is 3.23. The predicted molar refractivity (Wildman–Crippen MR) is 124 cm³/mol. The van der Waals surface area contributed by atoms with E-state index in [1.165, 1.54) is 18.4 Å². The van der Waals surface area contributed by atoms with E-state index < -0.39 is 0 Å². The van der Waals surface area contributed by atoms with Crippen molar-refractivity contribution in [2.45, 2.75) is 31.6 Å². The molecule has 3 rings (SSSR count). The lowest BCUT2D eigenvalue weighted by Crippen LogP contribution is -2.42. The number of nitrogens with zero attached hydrogens (tertiary/aromatic N) is 2. The normalized spacial score (nSPS) is 14.6. The van der Waals surface area contributed by atoms with Crippen molar-refractivity contribution in [3.05, 3.63) is 59.8 Å². The minimum absolute atomic E-state index is 0. The van der Waals surface area contributed by atoms with E-state index in [0.29, 0.717) is 18.8 Å². The molecule has 1 heterocycles. The molecule has 3 N–H and O–H groups in total. The molecule has 1 saturated carbocycles. The summed E-state index contributed by atoms with van der Waals surface area (Å²) in [4.78, 5) is 20.5. The Morgan fingerprint density at radius 2 is 1.89 bits per heavy atom. The number of pyridine rings is 1. The Hall–Kier alpha value is -2.16. The van der Waals surface area contributed by atoms with Gasteiger partial charge in [-0.25, -0.2) is 4.98 Å². The van der Waals surface area contributed by atoms with Crippen LogP contribution in [0, 0.1) is 6.92 Å². The average Bonchev–Trinajstić information content (AvgIpc) is 3.48. The molecule has 0 bridgehead atoms. The van der Waals surface area contributed by atoms with Crippen LogP contribution >= 0.6 is 24.0 Å². The Morgan fingerprint density at radius 3 is 2.50 bits per heavy atom. The molecular weight excluding hydrogens is 465 g/mol. The van der Waals surface area contributed by atoms with Crippen LogP contribution in [0.1, 0.15) is 30.4 Å². The number of hydrogen-bond acceptors (Lipinski definition) is 3. The minimum atomic E-state index is -0.0720. The maximum Gasteiger partial charge on any atom is 0.227 e. The van der Waals surface area contributed by atoms with Gasteiger partial charge >= 0.3 is 0 Å². The van der Waals surface area contributed by atoms with Crippen LogP contribution in [0.4, 0.5) is 5.82 Å². The second kappa shape index (κ2) is 10.4. The quantitative estimate of drug-likeness (QED) is 0.315. The monoisotopic (exact) mass is 493 g/mol. The van der Waals surface area contributed by atoms with Crippen LogP contribution in [-0.4, -0.2) is 37.0 Å². The zero-order valence-corrected chi connectivity index (χ0v) is 18.7. The van der Waals surface area contributed by atoms with Crippen molar-refractivity contribution < 1.29 is 4.79 Å². The van der Waals surface area contributed by atoms with Crippen LogP contribution in [0.5, 0.6) is 0 Å². The molecule has 1 aliphatic carbocycles. The number of hydrogen-bond donors (Lipinski definition) is 3. The third-order valence-corrected chi connectivity index (χ3v) is 4.88. The third-order valence-electron chi connectivity index (χ3n) is 4.88. The molecule has 1 amide bonds. The number of carbonyl (C=O) groups is 1. The van der Waals surface area contributed by atoms with Crippen molar-refractivity contribution in [2.24, 2.45) is 4.99 Å². The van der Waals surface area contributed by atoms with Crippen molar-refractivity contribution in [3.63, 3.8) is 0 Å². The number of benzene rings is 1. The first-order valence-electron chi connectivity index (χ1n) is 9.34. The van der Waals surface area contributed by atoms with E-state index in [0.717, 1.165) is 18.1 Å². The number of amides is 1. The van der Waals surface area contributed by atoms with Crippen molar-refractivity contribution >= 4 is 41.7 Å². The molecule has 1 fully saturated rings. The molecular formula is C21H28IN5O. The number of halogens is 1. The average molecular weight is 493 g/mol. The second-order valence-corrected chi connectivity index (χ2v) is 7.02. The Labute approximate surface area is 183 Å². The standard InChI is InChI=1S/C21H27N5O.HI/c1-16-8-9-18(24-14-16)26-19(27)10-13-23-20(22-2)25-15-21(11-12-21)17-6-4-3-5-7-17;/h3-9,14H,10-13,15H2,1-2H3,(H2,22,23,25)(H,24,26,27);1H. The number of aliphatic imine (C=N–C) groups is 1. The topological polar surface area (TPSA) is 78.4 Å². The van der Waals surface area contributed by atoms with E-state index in [9.17, 15) is 4.79 Å². The summed E-state index contributed by atoms with van der Waals surface area (Å²) in [5.74, 6) is 1.22. The van der Waals surface area contributed by atoms with Crippen LogP contribution in [-0.2, 0) is 10.2 Å². The van der Waals surface area contributed by atoms with Crippen LogP contribution in [0.2, 0.25) is 0 Å². The molecule has 28 heavy (non-hydrogen) atoms. The van der Waals surface area contributed by atoms with Gasteiger partial charge < -0.3 is 16.0 Å². The smallest absolute Gasteiger partial charge is 0.227 e. The number of guanidine groups is 1. The second-order valence-electron chi connectivity index (χ2n) is 7.02. The van der Waals surface area contributed by atoms with Crippen LogP contribution in [0.15, 0.2) is 53.7 Å². The van der Waals surface area contributed by atoms with Crippen molar-refractivity contribution in [3.8, 4) is 0 Å². The van der Waals surface area contributed by atoms with E-state index >= 15 is 0 Å². The van der Waals surface area contributed by atoms with E-state index in [1.807, 2.05) is 19.1 Å². The molecule has 1 aliphatic rings. The number of carbonyl (C=O) groups excluding carboxylic acids is 1. The van der Waals surface area contributed by atoms with Crippen LogP contribution in [0.25, 0.3) is 0 Å². The fourth-order valence-corrected chi connectivity index (χ4v) is 3.03. The summed E-state index contributed by atoms with van der Waals surface area (Å²) in [6.45, 7) is 3.32. The highest BCUT2D eigenvalue weighted by Gasteiger charge is 2.43.